The SMILES string of the molecule is CCOc1cccc(N2C(=O)/C(=C\c3cc4c(cc3F)N(CC)C(C)(C)CC4C)C(=O)NC2=S)c1. The molecule has 2 aliphatic rings. The lowest BCUT2D eigenvalue weighted by atomic mass is 9.79. The van der Waals surface area contributed by atoms with Gasteiger partial charge in [0.2, 0.25) is 0 Å². The largest absolute Gasteiger partial charge is 0.494 e. The summed E-state index contributed by atoms with van der Waals surface area (Å²) >= 11 is 5.28. The zero-order chi connectivity index (χ0) is 25.5. The van der Waals surface area contributed by atoms with Crippen molar-refractivity contribution in [2.24, 2.45) is 0 Å². The Labute approximate surface area is 210 Å². The number of ether oxygens (including phenoxy) is 1. The second-order valence-electron chi connectivity index (χ2n) is 9.48. The van der Waals surface area contributed by atoms with Crippen LogP contribution in [0.15, 0.2) is 42.0 Å². The number of hydrogen-bond acceptors (Lipinski definition) is 5. The van der Waals surface area contributed by atoms with Crippen molar-refractivity contribution in [3.63, 3.8) is 0 Å². The molecule has 0 spiro atoms. The van der Waals surface area contributed by atoms with E-state index in [1.807, 2.05) is 6.92 Å². The predicted octanol–water partition coefficient (Wildman–Crippen LogP) is 5.17. The smallest absolute Gasteiger partial charge is 0.270 e. The Morgan fingerprint density at radius 1 is 1.23 bits per heavy atom. The van der Waals surface area contributed by atoms with Crippen LogP contribution in [0.2, 0.25) is 0 Å². The van der Waals surface area contributed by atoms with Gasteiger partial charge < -0.3 is 9.64 Å². The van der Waals surface area contributed by atoms with E-state index in [0.29, 0.717) is 18.0 Å². The number of carbonyl (C=O) groups is 2. The lowest BCUT2D eigenvalue weighted by Crippen LogP contribution is -2.54. The zero-order valence-electron chi connectivity index (χ0n) is 20.6. The molecule has 0 bridgehead atoms. The van der Waals surface area contributed by atoms with Crippen molar-refractivity contribution >= 4 is 46.6 Å². The summed E-state index contributed by atoms with van der Waals surface area (Å²) in [5.41, 5.74) is 2.22. The number of thiocarbonyl (C=S) groups is 1. The minimum absolute atomic E-state index is 0.0360. The molecule has 0 aromatic heterocycles. The number of halogens is 1. The molecule has 2 aromatic carbocycles. The van der Waals surface area contributed by atoms with E-state index in [1.165, 1.54) is 17.0 Å². The molecule has 35 heavy (non-hydrogen) atoms. The molecule has 8 heteroatoms. The molecule has 2 aromatic rings. The molecule has 1 unspecified atom stereocenters. The van der Waals surface area contributed by atoms with Crippen molar-refractivity contribution in [2.45, 2.75) is 52.5 Å². The van der Waals surface area contributed by atoms with Gasteiger partial charge in [0.05, 0.1) is 12.3 Å². The van der Waals surface area contributed by atoms with Crippen molar-refractivity contribution < 1.29 is 18.7 Å². The molecular formula is C27H30FN3O3S. The Kier molecular flexibility index (Phi) is 6.68. The first-order valence-electron chi connectivity index (χ1n) is 11.8. The highest BCUT2D eigenvalue weighted by Crippen LogP contribution is 2.44. The van der Waals surface area contributed by atoms with Gasteiger partial charge in [0.15, 0.2) is 5.11 Å². The summed E-state index contributed by atoms with van der Waals surface area (Å²) in [5.74, 6) is -0.992. The van der Waals surface area contributed by atoms with Crippen LogP contribution in [0.25, 0.3) is 6.08 Å². The van der Waals surface area contributed by atoms with E-state index in [-0.39, 0.29) is 27.7 Å². The highest BCUT2D eigenvalue weighted by molar-refractivity contribution is 7.80. The fourth-order valence-corrected chi connectivity index (χ4v) is 5.44. The first-order chi connectivity index (χ1) is 16.6. The summed E-state index contributed by atoms with van der Waals surface area (Å²) < 4.78 is 20.9. The Balaban J connectivity index is 1.76. The van der Waals surface area contributed by atoms with Crippen LogP contribution < -0.4 is 19.9 Å². The monoisotopic (exact) mass is 495 g/mol. The molecule has 2 amide bonds. The number of carbonyl (C=O) groups excluding carboxylic acids is 2. The van der Waals surface area contributed by atoms with Crippen molar-refractivity contribution in [1.82, 2.24) is 5.32 Å². The molecule has 2 heterocycles. The number of hydrogen-bond donors (Lipinski definition) is 1. The van der Waals surface area contributed by atoms with Gasteiger partial charge in [-0.3, -0.25) is 19.8 Å². The van der Waals surface area contributed by atoms with Gasteiger partial charge in [0.1, 0.15) is 17.1 Å². The standard InChI is InChI=1S/C27H30FN3O3S/c1-6-30-23-14-22(28)17(11-20(23)16(3)15-27(30,4)5)12-21-24(32)29-26(35)31(25(21)33)18-9-8-10-19(13-18)34-7-2/h8-14,16H,6-7,15H2,1-5H3,(H,29,32,35)/b21-12-. The number of anilines is 2. The number of nitrogens with one attached hydrogen (secondary N) is 1. The summed E-state index contributed by atoms with van der Waals surface area (Å²) in [5, 5.41) is 2.52. The Morgan fingerprint density at radius 3 is 2.66 bits per heavy atom. The first-order valence-corrected chi connectivity index (χ1v) is 12.2. The molecule has 1 atom stereocenters. The van der Waals surface area contributed by atoms with E-state index in [1.54, 1.807) is 30.3 Å². The fourth-order valence-electron chi connectivity index (χ4n) is 5.16. The Bertz CT molecular complexity index is 1240. The highest BCUT2D eigenvalue weighted by Gasteiger charge is 2.37. The van der Waals surface area contributed by atoms with Gasteiger partial charge >= 0.3 is 0 Å². The van der Waals surface area contributed by atoms with E-state index in [4.69, 9.17) is 17.0 Å². The van der Waals surface area contributed by atoms with Crippen LogP contribution in [0.5, 0.6) is 5.75 Å². The fraction of sp³-hybridized carbons (Fsp3) is 0.370. The van der Waals surface area contributed by atoms with Crippen molar-refractivity contribution in [2.75, 3.05) is 23.0 Å². The van der Waals surface area contributed by atoms with E-state index < -0.39 is 17.6 Å². The van der Waals surface area contributed by atoms with Gasteiger partial charge in [-0.25, -0.2) is 4.39 Å². The van der Waals surface area contributed by atoms with E-state index in [2.05, 4.69) is 37.9 Å². The normalized spacial score (nSPS) is 20.7. The molecule has 184 valence electrons. The molecule has 2 aliphatic heterocycles. The summed E-state index contributed by atoms with van der Waals surface area (Å²) in [6.45, 7) is 11.6. The lowest BCUT2D eigenvalue weighted by molar-refractivity contribution is -0.122. The number of fused-ring (bicyclic) bond motifs is 1. The molecule has 1 saturated heterocycles. The van der Waals surface area contributed by atoms with Gasteiger partial charge in [0.25, 0.3) is 11.8 Å². The summed E-state index contributed by atoms with van der Waals surface area (Å²) in [6, 6.07) is 10.1. The number of rotatable bonds is 5. The van der Waals surface area contributed by atoms with Crippen molar-refractivity contribution in [3.05, 3.63) is 58.9 Å². The summed E-state index contributed by atoms with van der Waals surface area (Å²) in [6.07, 6.45) is 2.23. The third-order valence-corrected chi connectivity index (χ3v) is 6.89. The average Bonchev–Trinajstić information content (AvgIpc) is 2.77. The van der Waals surface area contributed by atoms with Gasteiger partial charge in [0, 0.05) is 29.4 Å². The molecular weight excluding hydrogens is 465 g/mol. The third-order valence-electron chi connectivity index (χ3n) is 6.61. The number of benzene rings is 2. The van der Waals surface area contributed by atoms with Crippen LogP contribution in [-0.2, 0) is 9.59 Å². The van der Waals surface area contributed by atoms with Crippen LogP contribution in [0.1, 0.15) is 58.1 Å². The summed E-state index contributed by atoms with van der Waals surface area (Å²) in [4.78, 5) is 29.6. The van der Waals surface area contributed by atoms with Crippen LogP contribution >= 0.6 is 12.2 Å². The van der Waals surface area contributed by atoms with Crippen molar-refractivity contribution in [1.29, 1.82) is 0 Å². The van der Waals surface area contributed by atoms with E-state index in [9.17, 15) is 9.59 Å². The maximum absolute atomic E-state index is 15.3. The van der Waals surface area contributed by atoms with Crippen LogP contribution in [0, 0.1) is 5.82 Å². The molecule has 4 rings (SSSR count). The Morgan fingerprint density at radius 2 is 1.97 bits per heavy atom. The second-order valence-corrected chi connectivity index (χ2v) is 9.87. The van der Waals surface area contributed by atoms with Crippen LogP contribution in [0.3, 0.4) is 0 Å². The lowest BCUT2D eigenvalue weighted by Gasteiger charge is -2.47. The number of nitrogens with zero attached hydrogens (tertiary/aromatic N) is 2. The minimum atomic E-state index is -0.654. The summed E-state index contributed by atoms with van der Waals surface area (Å²) in [7, 11) is 0. The first kappa shape index (κ1) is 24.9. The third kappa shape index (κ3) is 4.55. The van der Waals surface area contributed by atoms with Gasteiger partial charge in [-0.2, -0.15) is 0 Å². The van der Waals surface area contributed by atoms with Crippen molar-refractivity contribution in [3.8, 4) is 5.75 Å². The molecule has 0 saturated carbocycles. The second kappa shape index (κ2) is 9.41. The van der Waals surface area contributed by atoms with Crippen LogP contribution in [-0.4, -0.2) is 35.6 Å². The maximum Gasteiger partial charge on any atom is 0.270 e. The van der Waals surface area contributed by atoms with Crippen LogP contribution in [0.4, 0.5) is 15.8 Å². The molecule has 1 fully saturated rings. The maximum atomic E-state index is 15.3. The van der Waals surface area contributed by atoms with Gasteiger partial charge in [-0.15, -0.1) is 0 Å². The molecule has 0 aliphatic carbocycles. The van der Waals surface area contributed by atoms with E-state index in [0.717, 1.165) is 24.2 Å². The van der Waals surface area contributed by atoms with E-state index >= 15 is 4.39 Å². The molecule has 6 nitrogen and oxygen atoms in total. The minimum Gasteiger partial charge on any atom is -0.494 e. The molecule has 0 radical (unpaired) electrons. The Hall–Kier alpha value is -3.26. The highest BCUT2D eigenvalue weighted by atomic mass is 32.1. The predicted molar refractivity (Wildman–Crippen MR) is 140 cm³/mol. The quantitative estimate of drug-likeness (QED) is 0.352. The topological polar surface area (TPSA) is 61.9 Å². The van der Waals surface area contributed by atoms with Gasteiger partial charge in [-0.05, 0) is 88.2 Å². The zero-order valence-corrected chi connectivity index (χ0v) is 21.5. The van der Waals surface area contributed by atoms with Gasteiger partial charge in [-0.1, -0.05) is 13.0 Å². The average molecular weight is 496 g/mol. The number of amides is 2. The molecule has 1 N–H and O–H groups in total.